The summed E-state index contributed by atoms with van der Waals surface area (Å²) < 4.78 is 107. The predicted octanol–water partition coefficient (Wildman–Crippen LogP) is 2.21. The van der Waals surface area contributed by atoms with E-state index in [0.29, 0.717) is 6.07 Å². The molecule has 5 rings (SSSR count). The summed E-state index contributed by atoms with van der Waals surface area (Å²) in [5.74, 6) is 0.224. The third-order valence-corrected chi connectivity index (χ3v) is 11.4. The maximum atomic E-state index is 13.1. The summed E-state index contributed by atoms with van der Waals surface area (Å²) >= 11 is 0. The number of nitrogens with two attached hydrogens (primary N) is 1. The quantitative estimate of drug-likeness (QED) is 0.196. The Morgan fingerprint density at radius 3 is 2.46 bits per heavy atom. The minimum Gasteiger partial charge on any atom is -0.775 e. The van der Waals surface area contributed by atoms with E-state index in [9.17, 15) is 46.3 Å². The standard InChI is InChI=1S/C25H26F3N6O13P3/c1-42-16-5-7-17(8-6-16)48(36,37)46-50(40,41)47-49(38,39)43-11-19-18(45-24(35)33-15-4-2-3-14(9-15)25(26,27)28)10-20(44-19)34-13-32-21-22(29)30-12-31-23(21)34/h2-9,12-13,18-20H,10-11H2,1H3,(H,33,35)(H,36,37)(H,38,39)(H,40,41)(H2,29,30,31)/p-3/t18?,19-,20-/m1/s1. The van der Waals surface area contributed by atoms with Crippen molar-refractivity contribution in [3.05, 3.63) is 66.7 Å². The highest BCUT2D eigenvalue weighted by atomic mass is 31.3. The highest BCUT2D eigenvalue weighted by Crippen LogP contribution is 2.62. The van der Waals surface area contributed by atoms with Gasteiger partial charge in [-0.3, -0.25) is 23.3 Å². The molecule has 6 atom stereocenters. The Morgan fingerprint density at radius 2 is 1.78 bits per heavy atom. The Bertz CT molecular complexity index is 2020. The molecule has 270 valence electrons. The molecule has 2 aromatic carbocycles. The number of aromatic nitrogens is 4. The van der Waals surface area contributed by atoms with E-state index in [1.165, 1.54) is 30.1 Å². The summed E-state index contributed by atoms with van der Waals surface area (Å²) in [5.41, 5.74) is 4.76. The average molecular weight is 765 g/mol. The van der Waals surface area contributed by atoms with Crippen molar-refractivity contribution in [2.75, 3.05) is 24.8 Å². The van der Waals surface area contributed by atoms with Gasteiger partial charge in [-0.15, -0.1) is 0 Å². The normalized spacial score (nSPS) is 21.5. The number of carbonyl (C=O) groups excluding carboxylic acids is 1. The van der Waals surface area contributed by atoms with E-state index in [1.807, 2.05) is 0 Å². The second-order valence-corrected chi connectivity index (χ2v) is 15.0. The van der Waals surface area contributed by atoms with Gasteiger partial charge in [0.15, 0.2) is 19.1 Å². The fourth-order valence-corrected chi connectivity index (χ4v) is 8.38. The Labute approximate surface area is 278 Å². The van der Waals surface area contributed by atoms with E-state index < -0.39 is 71.4 Å². The van der Waals surface area contributed by atoms with E-state index in [-0.39, 0.29) is 34.8 Å². The van der Waals surface area contributed by atoms with Gasteiger partial charge in [-0.05, 0) is 42.5 Å². The first-order valence-electron chi connectivity index (χ1n) is 13.7. The van der Waals surface area contributed by atoms with Gasteiger partial charge >= 0.3 is 12.3 Å². The summed E-state index contributed by atoms with van der Waals surface area (Å²) in [6.45, 7) is -1.09. The van der Waals surface area contributed by atoms with E-state index in [2.05, 4.69) is 33.4 Å². The molecule has 19 nitrogen and oxygen atoms in total. The van der Waals surface area contributed by atoms with E-state index in [0.717, 1.165) is 36.7 Å². The number of imidazole rings is 1. The molecule has 25 heteroatoms. The molecular weight excluding hydrogens is 742 g/mol. The number of amides is 1. The molecule has 4 unspecified atom stereocenters. The van der Waals surface area contributed by atoms with Crippen molar-refractivity contribution in [2.24, 2.45) is 0 Å². The van der Waals surface area contributed by atoms with Crippen LogP contribution < -0.4 is 35.8 Å². The Kier molecular flexibility index (Phi) is 10.7. The van der Waals surface area contributed by atoms with Gasteiger partial charge in [0, 0.05) is 17.4 Å². The van der Waals surface area contributed by atoms with Crippen molar-refractivity contribution in [3.8, 4) is 5.75 Å². The SMILES string of the molecule is COc1ccc(P(=O)([O-])OP(=O)([O-])OP(=O)([O-])OC[C@H]2O[C@@H](n3cnc4c(N)ncnc43)CC2OC(=O)Nc2cccc(C(F)(F)F)c2)cc1. The maximum absolute atomic E-state index is 13.1. The van der Waals surface area contributed by atoms with Crippen LogP contribution in [0.25, 0.3) is 11.2 Å². The lowest BCUT2D eigenvalue weighted by molar-refractivity contribution is -0.245. The van der Waals surface area contributed by atoms with Gasteiger partial charge in [0.1, 0.15) is 36.0 Å². The van der Waals surface area contributed by atoms with Crippen LogP contribution in [-0.2, 0) is 42.5 Å². The fourth-order valence-electron chi connectivity index (χ4n) is 4.55. The predicted molar refractivity (Wildman–Crippen MR) is 157 cm³/mol. The monoisotopic (exact) mass is 765 g/mol. The van der Waals surface area contributed by atoms with Crippen LogP contribution in [0.15, 0.2) is 61.2 Å². The molecule has 0 bridgehead atoms. The number of benzene rings is 2. The molecule has 3 N–H and O–H groups in total. The second-order valence-electron chi connectivity index (χ2n) is 10.1. The summed E-state index contributed by atoms with van der Waals surface area (Å²) in [7, 11) is -16.3. The number of carbonyl (C=O) groups is 1. The summed E-state index contributed by atoms with van der Waals surface area (Å²) in [4.78, 5) is 62.0. The molecule has 1 saturated heterocycles. The Balaban J connectivity index is 1.30. The van der Waals surface area contributed by atoms with Crippen molar-refractivity contribution in [1.82, 2.24) is 19.5 Å². The number of nitrogens with zero attached hydrogens (tertiary/aromatic N) is 4. The lowest BCUT2D eigenvalue weighted by Crippen LogP contribution is -2.33. The first-order valence-corrected chi connectivity index (χ1v) is 18.2. The molecule has 0 radical (unpaired) electrons. The number of nitrogen functional groups attached to an aromatic ring is 1. The fraction of sp³-hybridized carbons (Fsp3) is 0.280. The Hall–Kier alpha value is -3.94. The highest BCUT2D eigenvalue weighted by molar-refractivity contribution is 7.70. The number of hydrogen-bond donors (Lipinski definition) is 2. The molecule has 50 heavy (non-hydrogen) atoms. The van der Waals surface area contributed by atoms with Crippen molar-refractivity contribution < 1.29 is 73.7 Å². The van der Waals surface area contributed by atoms with E-state index >= 15 is 0 Å². The smallest absolute Gasteiger partial charge is 0.416 e. The minimum absolute atomic E-state index is 0.00298. The van der Waals surface area contributed by atoms with Gasteiger partial charge in [-0.2, -0.15) is 13.2 Å². The molecular formula is C25H23F3N6O13P3-3. The van der Waals surface area contributed by atoms with Crippen LogP contribution in [0.3, 0.4) is 0 Å². The largest absolute Gasteiger partial charge is 0.775 e. The zero-order chi connectivity index (χ0) is 36.5. The molecule has 0 aliphatic carbocycles. The summed E-state index contributed by atoms with van der Waals surface area (Å²) in [6.07, 6.45) is -7.94. The average Bonchev–Trinajstić information content (AvgIpc) is 3.63. The van der Waals surface area contributed by atoms with Gasteiger partial charge in [0.05, 0.1) is 25.6 Å². The van der Waals surface area contributed by atoms with Gasteiger partial charge in [0.25, 0.3) is 15.6 Å². The molecule has 0 spiro atoms. The summed E-state index contributed by atoms with van der Waals surface area (Å²) in [5, 5.41) is 1.46. The minimum atomic E-state index is -6.17. The number of hydrogen-bond acceptors (Lipinski definition) is 17. The van der Waals surface area contributed by atoms with Gasteiger partial charge < -0.3 is 43.7 Å². The van der Waals surface area contributed by atoms with Gasteiger partial charge in [-0.25, -0.2) is 24.1 Å². The number of methoxy groups -OCH3 is 1. The number of phosphoric ester groups is 1. The van der Waals surface area contributed by atoms with Crippen LogP contribution >= 0.6 is 23.2 Å². The number of rotatable bonds is 12. The molecule has 2 aromatic heterocycles. The number of anilines is 2. The zero-order valence-electron chi connectivity index (χ0n) is 25.1. The van der Waals surface area contributed by atoms with Crippen molar-refractivity contribution >= 4 is 57.3 Å². The van der Waals surface area contributed by atoms with Crippen LogP contribution in [0.5, 0.6) is 5.75 Å². The number of phosphoric acid groups is 2. The first kappa shape index (κ1) is 37.3. The van der Waals surface area contributed by atoms with Crippen LogP contribution in [-0.4, -0.2) is 51.5 Å². The van der Waals surface area contributed by atoms with Crippen LogP contribution in [0.2, 0.25) is 0 Å². The molecule has 0 saturated carbocycles. The number of halogens is 3. The molecule has 4 aromatic rings. The first-order chi connectivity index (χ1) is 23.4. The molecule has 1 aliphatic rings. The number of nitrogens with one attached hydrogen (secondary N) is 1. The highest BCUT2D eigenvalue weighted by Gasteiger charge is 2.41. The zero-order valence-corrected chi connectivity index (χ0v) is 27.8. The van der Waals surface area contributed by atoms with Crippen LogP contribution in [0, 0.1) is 0 Å². The van der Waals surface area contributed by atoms with Crippen LogP contribution in [0.4, 0.5) is 29.5 Å². The Morgan fingerprint density at radius 1 is 1.06 bits per heavy atom. The van der Waals surface area contributed by atoms with Crippen molar-refractivity contribution in [2.45, 2.75) is 31.0 Å². The van der Waals surface area contributed by atoms with E-state index in [1.54, 1.807) is 0 Å². The third-order valence-electron chi connectivity index (χ3n) is 6.77. The second kappa shape index (κ2) is 14.4. The number of fused-ring (bicyclic) bond motifs is 1. The van der Waals surface area contributed by atoms with Crippen molar-refractivity contribution in [3.63, 3.8) is 0 Å². The van der Waals surface area contributed by atoms with E-state index in [4.69, 9.17) is 19.9 Å². The number of ether oxygens (including phenoxy) is 3. The van der Waals surface area contributed by atoms with Gasteiger partial charge in [-0.1, -0.05) is 6.07 Å². The van der Waals surface area contributed by atoms with Crippen molar-refractivity contribution in [1.29, 1.82) is 0 Å². The summed E-state index contributed by atoms with van der Waals surface area (Å²) in [6, 6.07) is 7.80. The molecule has 3 heterocycles. The maximum Gasteiger partial charge on any atom is 0.416 e. The molecule has 1 amide bonds. The lowest BCUT2D eigenvalue weighted by Gasteiger charge is -2.35. The topological polar surface area (TPSA) is 274 Å². The van der Waals surface area contributed by atoms with Gasteiger partial charge in [0.2, 0.25) is 0 Å². The van der Waals surface area contributed by atoms with Crippen LogP contribution in [0.1, 0.15) is 18.2 Å². The lowest BCUT2D eigenvalue weighted by atomic mass is 10.2. The third kappa shape index (κ3) is 9.04. The molecule has 1 aliphatic heterocycles. The molecule has 1 fully saturated rings. The number of alkyl halides is 3.